The van der Waals surface area contributed by atoms with Gasteiger partial charge in [-0.05, 0) is 73.3 Å². The van der Waals surface area contributed by atoms with Crippen molar-refractivity contribution in [1.82, 2.24) is 0 Å². The van der Waals surface area contributed by atoms with Gasteiger partial charge in [0.25, 0.3) is 0 Å². The molecule has 0 aliphatic carbocycles. The van der Waals surface area contributed by atoms with E-state index in [1.807, 2.05) is 0 Å². The van der Waals surface area contributed by atoms with Gasteiger partial charge >= 0.3 is 0 Å². The van der Waals surface area contributed by atoms with E-state index in [1.54, 1.807) is 22.3 Å². The minimum Gasteiger partial charge on any atom is -0.0654 e. The van der Waals surface area contributed by atoms with E-state index < -0.39 is 0 Å². The Morgan fingerprint density at radius 3 is 2.05 bits per heavy atom. The summed E-state index contributed by atoms with van der Waals surface area (Å²) in [5, 5.41) is 0. The Labute approximate surface area is 120 Å². The van der Waals surface area contributed by atoms with Crippen molar-refractivity contribution in [2.24, 2.45) is 0 Å². The van der Waals surface area contributed by atoms with E-state index in [9.17, 15) is 0 Å². The fourth-order valence-electron chi connectivity index (χ4n) is 3.51. The largest absolute Gasteiger partial charge is 0.0654 e. The van der Waals surface area contributed by atoms with Crippen molar-refractivity contribution in [3.05, 3.63) is 33.9 Å². The first kappa shape index (κ1) is 16.3. The van der Waals surface area contributed by atoms with Crippen molar-refractivity contribution in [2.75, 3.05) is 0 Å². The van der Waals surface area contributed by atoms with Crippen LogP contribution in [0.25, 0.3) is 0 Å². The highest BCUT2D eigenvalue weighted by atomic mass is 14.2. The van der Waals surface area contributed by atoms with E-state index in [4.69, 9.17) is 0 Å². The Hall–Kier alpha value is -0.780. The number of aryl methyl sites for hydroxylation is 1. The first-order chi connectivity index (χ1) is 9.10. The number of rotatable bonds is 7. The molecule has 1 atom stereocenters. The maximum absolute atomic E-state index is 2.49. The van der Waals surface area contributed by atoms with Crippen molar-refractivity contribution < 1.29 is 0 Å². The van der Waals surface area contributed by atoms with Crippen molar-refractivity contribution in [3.8, 4) is 0 Å². The fraction of sp³-hybridized carbons (Fsp3) is 0.684. The molecule has 0 radical (unpaired) electrons. The maximum Gasteiger partial charge on any atom is -0.0162 e. The van der Waals surface area contributed by atoms with Crippen LogP contribution in [-0.4, -0.2) is 0 Å². The van der Waals surface area contributed by atoms with Crippen LogP contribution in [0, 0.1) is 13.8 Å². The van der Waals surface area contributed by atoms with Gasteiger partial charge in [-0.15, -0.1) is 0 Å². The van der Waals surface area contributed by atoms with Gasteiger partial charge in [0.05, 0.1) is 0 Å². The van der Waals surface area contributed by atoms with E-state index in [2.05, 4.69) is 47.6 Å². The van der Waals surface area contributed by atoms with Crippen LogP contribution < -0.4 is 0 Å². The lowest BCUT2D eigenvalue weighted by molar-refractivity contribution is 0.565. The normalized spacial score (nSPS) is 12.7. The molecule has 0 fully saturated rings. The first-order valence-corrected chi connectivity index (χ1v) is 8.22. The highest BCUT2D eigenvalue weighted by Gasteiger charge is 2.17. The molecular formula is C19H32. The van der Waals surface area contributed by atoms with Gasteiger partial charge in [0, 0.05) is 0 Å². The smallest absolute Gasteiger partial charge is 0.0162 e. The molecule has 1 rings (SSSR count). The van der Waals surface area contributed by atoms with Crippen molar-refractivity contribution in [2.45, 2.75) is 86.0 Å². The second-order valence-electron chi connectivity index (χ2n) is 5.82. The number of benzene rings is 1. The van der Waals surface area contributed by atoms with Gasteiger partial charge in [0.15, 0.2) is 0 Å². The Morgan fingerprint density at radius 2 is 1.58 bits per heavy atom. The maximum atomic E-state index is 2.49. The Morgan fingerprint density at radius 1 is 0.947 bits per heavy atom. The Bertz CT molecular complexity index is 401. The van der Waals surface area contributed by atoms with E-state index >= 15 is 0 Å². The van der Waals surface area contributed by atoms with Crippen LogP contribution in [0.5, 0.6) is 0 Å². The summed E-state index contributed by atoms with van der Waals surface area (Å²) in [7, 11) is 0. The summed E-state index contributed by atoms with van der Waals surface area (Å²) in [6.07, 6.45) is 7.63. The topological polar surface area (TPSA) is 0 Å². The molecule has 0 aliphatic rings. The molecule has 1 aromatic carbocycles. The molecule has 19 heavy (non-hydrogen) atoms. The third-order valence-electron chi connectivity index (χ3n) is 4.65. The van der Waals surface area contributed by atoms with Crippen molar-refractivity contribution >= 4 is 0 Å². The van der Waals surface area contributed by atoms with Crippen molar-refractivity contribution in [3.63, 3.8) is 0 Å². The van der Waals surface area contributed by atoms with E-state index in [-0.39, 0.29) is 0 Å². The number of unbranched alkanes of at least 4 members (excludes halogenated alkanes) is 1. The van der Waals surface area contributed by atoms with Gasteiger partial charge in [-0.25, -0.2) is 0 Å². The summed E-state index contributed by atoms with van der Waals surface area (Å²) >= 11 is 0. The van der Waals surface area contributed by atoms with E-state index in [1.165, 1.54) is 37.7 Å². The average molecular weight is 260 g/mol. The van der Waals surface area contributed by atoms with Gasteiger partial charge in [0.2, 0.25) is 0 Å². The SMILES string of the molecule is CCCCC(CC)c1cc(C)c(CC)c(C)c1CC. The molecule has 0 aromatic heterocycles. The molecule has 1 aromatic rings. The standard InChI is InChI=1S/C19H32/c1-7-11-12-16(8-2)19-13-14(5)17(9-3)15(6)18(19)10-4/h13,16H,7-12H2,1-6H3. The molecule has 0 heterocycles. The summed E-state index contributed by atoms with van der Waals surface area (Å²) < 4.78 is 0. The van der Waals surface area contributed by atoms with Crippen LogP contribution in [0.3, 0.4) is 0 Å². The number of hydrogen-bond acceptors (Lipinski definition) is 0. The summed E-state index contributed by atoms with van der Waals surface area (Å²) in [4.78, 5) is 0. The molecule has 0 spiro atoms. The lowest BCUT2D eigenvalue weighted by Gasteiger charge is -2.23. The van der Waals surface area contributed by atoms with Crippen LogP contribution >= 0.6 is 0 Å². The molecule has 0 N–H and O–H groups in total. The highest BCUT2D eigenvalue weighted by molar-refractivity contribution is 5.46. The molecule has 0 saturated carbocycles. The zero-order valence-corrected chi connectivity index (χ0v) is 13.9. The molecule has 0 amide bonds. The van der Waals surface area contributed by atoms with Gasteiger partial charge in [-0.1, -0.05) is 46.6 Å². The molecule has 0 aliphatic heterocycles. The molecule has 0 heteroatoms. The van der Waals surface area contributed by atoms with Crippen LogP contribution in [0.4, 0.5) is 0 Å². The molecule has 0 bridgehead atoms. The lowest BCUT2D eigenvalue weighted by atomic mass is 9.82. The molecule has 0 nitrogen and oxygen atoms in total. The first-order valence-electron chi connectivity index (χ1n) is 8.22. The van der Waals surface area contributed by atoms with Crippen LogP contribution in [0.15, 0.2) is 6.07 Å². The fourth-order valence-corrected chi connectivity index (χ4v) is 3.51. The molecular weight excluding hydrogens is 228 g/mol. The predicted octanol–water partition coefficient (Wildman–Crippen LogP) is 6.11. The minimum absolute atomic E-state index is 0.762. The van der Waals surface area contributed by atoms with E-state index in [0.717, 1.165) is 12.3 Å². The van der Waals surface area contributed by atoms with Crippen LogP contribution in [-0.2, 0) is 12.8 Å². The average Bonchev–Trinajstić information content (AvgIpc) is 2.40. The highest BCUT2D eigenvalue weighted by Crippen LogP contribution is 2.33. The predicted molar refractivity (Wildman–Crippen MR) is 87.2 cm³/mol. The summed E-state index contributed by atoms with van der Waals surface area (Å²) in [5.41, 5.74) is 7.92. The van der Waals surface area contributed by atoms with Gasteiger partial charge in [-0.3, -0.25) is 0 Å². The zero-order valence-electron chi connectivity index (χ0n) is 13.9. The molecule has 1 unspecified atom stereocenters. The second-order valence-corrected chi connectivity index (χ2v) is 5.82. The molecule has 108 valence electrons. The van der Waals surface area contributed by atoms with Gasteiger partial charge < -0.3 is 0 Å². The summed E-state index contributed by atoms with van der Waals surface area (Å²) in [6, 6.07) is 2.49. The summed E-state index contributed by atoms with van der Waals surface area (Å²) in [5.74, 6) is 0.762. The monoisotopic (exact) mass is 260 g/mol. The van der Waals surface area contributed by atoms with Gasteiger partial charge in [0.1, 0.15) is 0 Å². The zero-order chi connectivity index (χ0) is 14.4. The second kappa shape index (κ2) is 7.72. The third kappa shape index (κ3) is 3.61. The Balaban J connectivity index is 3.25. The van der Waals surface area contributed by atoms with Gasteiger partial charge in [-0.2, -0.15) is 0 Å². The quantitative estimate of drug-likeness (QED) is 0.554. The van der Waals surface area contributed by atoms with Crippen molar-refractivity contribution in [1.29, 1.82) is 0 Å². The minimum atomic E-state index is 0.762. The third-order valence-corrected chi connectivity index (χ3v) is 4.65. The molecule has 0 saturated heterocycles. The number of hydrogen-bond donors (Lipinski definition) is 0. The lowest BCUT2D eigenvalue weighted by Crippen LogP contribution is -2.07. The van der Waals surface area contributed by atoms with E-state index in [0.29, 0.717) is 0 Å². The summed E-state index contributed by atoms with van der Waals surface area (Å²) in [6.45, 7) is 13.9. The Kier molecular flexibility index (Phi) is 6.62. The van der Waals surface area contributed by atoms with Crippen LogP contribution in [0.1, 0.15) is 87.1 Å². The van der Waals surface area contributed by atoms with Crippen LogP contribution in [0.2, 0.25) is 0 Å².